The molecule has 3 heteroatoms. The Hall–Kier alpha value is -0.120. The molecule has 0 saturated carbocycles. The molecule has 2 fully saturated rings. The second kappa shape index (κ2) is 8.23. The van der Waals surface area contributed by atoms with Crippen molar-refractivity contribution in [1.82, 2.24) is 15.1 Å². The lowest BCUT2D eigenvalue weighted by atomic mass is 9.94. The lowest BCUT2D eigenvalue weighted by Crippen LogP contribution is -2.43. The third kappa shape index (κ3) is 4.73. The highest BCUT2D eigenvalue weighted by molar-refractivity contribution is 4.82. The van der Waals surface area contributed by atoms with Gasteiger partial charge in [-0.3, -0.25) is 0 Å². The second-order valence-electron chi connectivity index (χ2n) is 6.46. The van der Waals surface area contributed by atoms with Gasteiger partial charge < -0.3 is 15.1 Å². The SMILES string of the molecule is CCCN1CCCC(N2CCC(CNC)CC2)CC1. The molecular formula is C16H33N3. The Kier molecular flexibility index (Phi) is 6.62. The zero-order valence-electron chi connectivity index (χ0n) is 13.0. The fourth-order valence-corrected chi connectivity index (χ4v) is 3.85. The van der Waals surface area contributed by atoms with Gasteiger partial charge in [-0.15, -0.1) is 0 Å². The van der Waals surface area contributed by atoms with Crippen molar-refractivity contribution in [1.29, 1.82) is 0 Å². The van der Waals surface area contributed by atoms with E-state index < -0.39 is 0 Å². The molecule has 0 aliphatic carbocycles. The summed E-state index contributed by atoms with van der Waals surface area (Å²) in [5, 5.41) is 3.34. The zero-order chi connectivity index (χ0) is 13.5. The van der Waals surface area contributed by atoms with E-state index in [4.69, 9.17) is 0 Å². The van der Waals surface area contributed by atoms with E-state index in [2.05, 4.69) is 29.1 Å². The molecule has 2 heterocycles. The molecule has 112 valence electrons. The zero-order valence-corrected chi connectivity index (χ0v) is 13.0. The summed E-state index contributed by atoms with van der Waals surface area (Å²) < 4.78 is 0. The number of likely N-dealkylation sites (tertiary alicyclic amines) is 2. The molecule has 2 aliphatic rings. The summed E-state index contributed by atoms with van der Waals surface area (Å²) >= 11 is 0. The minimum atomic E-state index is 0.873. The Balaban J connectivity index is 1.73. The van der Waals surface area contributed by atoms with E-state index in [1.54, 1.807) is 0 Å². The number of nitrogens with one attached hydrogen (secondary N) is 1. The van der Waals surface area contributed by atoms with Gasteiger partial charge in [-0.05, 0) is 90.8 Å². The van der Waals surface area contributed by atoms with Crippen LogP contribution in [0.4, 0.5) is 0 Å². The first-order chi connectivity index (χ1) is 9.33. The molecule has 1 unspecified atom stereocenters. The van der Waals surface area contributed by atoms with E-state index in [9.17, 15) is 0 Å². The fourth-order valence-electron chi connectivity index (χ4n) is 3.85. The Bertz CT molecular complexity index is 236. The average Bonchev–Trinajstić information content (AvgIpc) is 2.66. The van der Waals surface area contributed by atoms with Crippen molar-refractivity contribution in [3.8, 4) is 0 Å². The maximum Gasteiger partial charge on any atom is 0.0108 e. The Morgan fingerprint density at radius 1 is 1.00 bits per heavy atom. The number of nitrogens with zero attached hydrogens (tertiary/aromatic N) is 2. The Morgan fingerprint density at radius 2 is 1.79 bits per heavy atom. The predicted molar refractivity (Wildman–Crippen MR) is 82.6 cm³/mol. The van der Waals surface area contributed by atoms with Gasteiger partial charge in [-0.25, -0.2) is 0 Å². The highest BCUT2D eigenvalue weighted by Gasteiger charge is 2.26. The molecule has 2 rings (SSSR count). The maximum absolute atomic E-state index is 3.34. The minimum absolute atomic E-state index is 0.873. The summed E-state index contributed by atoms with van der Waals surface area (Å²) in [6.45, 7) is 10.2. The van der Waals surface area contributed by atoms with Gasteiger partial charge in [-0.1, -0.05) is 6.92 Å². The van der Waals surface area contributed by atoms with E-state index in [-0.39, 0.29) is 0 Å². The lowest BCUT2D eigenvalue weighted by molar-refractivity contribution is 0.121. The van der Waals surface area contributed by atoms with Crippen molar-refractivity contribution < 1.29 is 0 Å². The summed E-state index contributed by atoms with van der Waals surface area (Å²) in [6.07, 6.45) is 8.33. The molecule has 0 amide bonds. The molecule has 19 heavy (non-hydrogen) atoms. The van der Waals surface area contributed by atoms with Crippen LogP contribution in [0.3, 0.4) is 0 Å². The van der Waals surface area contributed by atoms with Crippen LogP contribution in [0.2, 0.25) is 0 Å². The number of hydrogen-bond donors (Lipinski definition) is 1. The fraction of sp³-hybridized carbons (Fsp3) is 1.00. The summed E-state index contributed by atoms with van der Waals surface area (Å²) in [7, 11) is 2.08. The van der Waals surface area contributed by atoms with Crippen LogP contribution in [0.25, 0.3) is 0 Å². The number of rotatable bonds is 5. The molecule has 1 N–H and O–H groups in total. The first-order valence-electron chi connectivity index (χ1n) is 8.44. The van der Waals surface area contributed by atoms with Gasteiger partial charge in [0.15, 0.2) is 0 Å². The van der Waals surface area contributed by atoms with Gasteiger partial charge in [0.05, 0.1) is 0 Å². The van der Waals surface area contributed by atoms with Crippen LogP contribution in [0.1, 0.15) is 45.4 Å². The predicted octanol–water partition coefficient (Wildman–Crippen LogP) is 2.18. The molecule has 3 nitrogen and oxygen atoms in total. The molecule has 0 radical (unpaired) electrons. The van der Waals surface area contributed by atoms with Gasteiger partial charge in [0.2, 0.25) is 0 Å². The lowest BCUT2D eigenvalue weighted by Gasteiger charge is -2.37. The second-order valence-corrected chi connectivity index (χ2v) is 6.46. The molecule has 0 bridgehead atoms. The van der Waals surface area contributed by atoms with Gasteiger partial charge in [0.25, 0.3) is 0 Å². The van der Waals surface area contributed by atoms with Crippen LogP contribution in [-0.4, -0.2) is 62.2 Å². The third-order valence-electron chi connectivity index (χ3n) is 4.99. The number of piperidine rings is 1. The van der Waals surface area contributed by atoms with E-state index in [1.165, 1.54) is 77.8 Å². The van der Waals surface area contributed by atoms with Crippen molar-refractivity contribution in [2.24, 2.45) is 5.92 Å². The minimum Gasteiger partial charge on any atom is -0.319 e. The molecule has 0 aromatic rings. The quantitative estimate of drug-likeness (QED) is 0.824. The molecule has 2 saturated heterocycles. The third-order valence-corrected chi connectivity index (χ3v) is 4.99. The summed E-state index contributed by atoms with van der Waals surface area (Å²) in [5.74, 6) is 0.920. The van der Waals surface area contributed by atoms with Crippen LogP contribution in [0, 0.1) is 5.92 Å². The van der Waals surface area contributed by atoms with Gasteiger partial charge in [-0.2, -0.15) is 0 Å². The summed E-state index contributed by atoms with van der Waals surface area (Å²) in [6, 6.07) is 0.873. The topological polar surface area (TPSA) is 18.5 Å². The van der Waals surface area contributed by atoms with Crippen molar-refractivity contribution in [3.05, 3.63) is 0 Å². The highest BCUT2D eigenvalue weighted by Crippen LogP contribution is 2.23. The van der Waals surface area contributed by atoms with E-state index in [0.717, 1.165) is 12.0 Å². The van der Waals surface area contributed by atoms with Gasteiger partial charge >= 0.3 is 0 Å². The van der Waals surface area contributed by atoms with Crippen LogP contribution >= 0.6 is 0 Å². The van der Waals surface area contributed by atoms with E-state index in [0.29, 0.717) is 0 Å². The summed E-state index contributed by atoms with van der Waals surface area (Å²) in [4.78, 5) is 5.47. The monoisotopic (exact) mass is 267 g/mol. The van der Waals surface area contributed by atoms with Crippen LogP contribution < -0.4 is 5.32 Å². The van der Waals surface area contributed by atoms with E-state index in [1.807, 2.05) is 0 Å². The van der Waals surface area contributed by atoms with Crippen molar-refractivity contribution in [2.45, 2.75) is 51.5 Å². The van der Waals surface area contributed by atoms with Crippen molar-refractivity contribution in [2.75, 3.05) is 46.3 Å². The molecule has 1 atom stereocenters. The van der Waals surface area contributed by atoms with Crippen molar-refractivity contribution in [3.63, 3.8) is 0 Å². The Morgan fingerprint density at radius 3 is 2.47 bits per heavy atom. The average molecular weight is 267 g/mol. The van der Waals surface area contributed by atoms with Crippen LogP contribution in [0.5, 0.6) is 0 Å². The largest absolute Gasteiger partial charge is 0.319 e. The first-order valence-corrected chi connectivity index (χ1v) is 8.44. The molecule has 0 aromatic heterocycles. The number of hydrogen-bond acceptors (Lipinski definition) is 3. The molecule has 2 aliphatic heterocycles. The molecular weight excluding hydrogens is 234 g/mol. The van der Waals surface area contributed by atoms with Crippen LogP contribution in [0.15, 0.2) is 0 Å². The normalized spacial score (nSPS) is 28.4. The maximum atomic E-state index is 3.34. The summed E-state index contributed by atoms with van der Waals surface area (Å²) in [5.41, 5.74) is 0. The molecule has 0 spiro atoms. The van der Waals surface area contributed by atoms with Crippen LogP contribution in [-0.2, 0) is 0 Å². The smallest absolute Gasteiger partial charge is 0.0108 e. The van der Waals surface area contributed by atoms with Gasteiger partial charge in [0.1, 0.15) is 0 Å². The van der Waals surface area contributed by atoms with Gasteiger partial charge in [0, 0.05) is 6.04 Å². The standard InChI is InChI=1S/C16H33N3/c1-3-9-18-10-4-5-16(8-11-18)19-12-6-15(7-13-19)14-17-2/h15-17H,3-14H2,1-2H3. The van der Waals surface area contributed by atoms with Crippen molar-refractivity contribution >= 4 is 0 Å². The van der Waals surface area contributed by atoms with E-state index >= 15 is 0 Å². The Labute approximate surface area is 119 Å². The highest BCUT2D eigenvalue weighted by atomic mass is 15.2. The first kappa shape index (κ1) is 15.3. The molecule has 0 aromatic carbocycles.